The summed E-state index contributed by atoms with van der Waals surface area (Å²) in [7, 11) is 1.63. The zero-order valence-electron chi connectivity index (χ0n) is 22.4. The number of nitrogens with zero attached hydrogens (tertiary/aromatic N) is 2. The van der Waals surface area contributed by atoms with Gasteiger partial charge in [0.1, 0.15) is 0 Å². The van der Waals surface area contributed by atoms with Gasteiger partial charge in [0.15, 0.2) is 0 Å². The molecule has 0 atom stereocenters. The first-order valence-electron chi connectivity index (χ1n) is 13.3. The van der Waals surface area contributed by atoms with Crippen molar-refractivity contribution < 1.29 is 17.9 Å². The molecule has 0 amide bonds. The van der Waals surface area contributed by atoms with Crippen LogP contribution in [0.15, 0.2) is 121 Å². The summed E-state index contributed by atoms with van der Waals surface area (Å²) in [6, 6.07) is 37.9. The van der Waals surface area contributed by atoms with Crippen molar-refractivity contribution in [2.45, 2.75) is 6.18 Å². The second-order valence-electron chi connectivity index (χ2n) is 9.90. The molecule has 0 bridgehead atoms. The summed E-state index contributed by atoms with van der Waals surface area (Å²) >= 11 is 0.154. The number of halogens is 3. The van der Waals surface area contributed by atoms with Crippen LogP contribution in [0.2, 0.25) is 0 Å². The number of methoxy groups -OCH3 is 1. The Balaban J connectivity index is 1.50. The number of fused-ring (bicyclic) bond motifs is 3. The van der Waals surface area contributed by atoms with E-state index in [2.05, 4.69) is 47.4 Å². The summed E-state index contributed by atoms with van der Waals surface area (Å²) in [6.07, 6.45) is -4.41. The van der Waals surface area contributed by atoms with Crippen LogP contribution in [0.4, 0.5) is 30.2 Å². The molecule has 0 fully saturated rings. The summed E-state index contributed by atoms with van der Waals surface area (Å²) in [5, 5.41) is 0.944. The summed E-state index contributed by atoms with van der Waals surface area (Å²) in [6.45, 7) is 0. The van der Waals surface area contributed by atoms with Crippen molar-refractivity contribution >= 4 is 51.8 Å². The molecule has 206 valence electrons. The number of rotatable bonds is 4. The van der Waals surface area contributed by atoms with Crippen molar-refractivity contribution in [3.8, 4) is 28.1 Å². The van der Waals surface area contributed by atoms with E-state index in [1.54, 1.807) is 7.11 Å². The molecule has 0 radical (unpaired) electrons. The number of hydrogen-bond acceptors (Lipinski definition) is 3. The maximum atomic E-state index is 13.3. The summed E-state index contributed by atoms with van der Waals surface area (Å²) < 4.78 is 48.0. The van der Waals surface area contributed by atoms with Crippen LogP contribution in [-0.4, -0.2) is 27.1 Å². The minimum atomic E-state index is -4.41. The minimum absolute atomic E-state index is 0.154. The van der Waals surface area contributed by atoms with Gasteiger partial charge in [-0.25, -0.2) is 0 Å². The number of anilines is 3. The Labute approximate surface area is 247 Å². The van der Waals surface area contributed by atoms with Gasteiger partial charge in [-0.2, -0.15) is 13.2 Å². The van der Waals surface area contributed by atoms with Gasteiger partial charge in [-0.1, -0.05) is 0 Å². The predicted octanol–water partition coefficient (Wildman–Crippen LogP) is 8.03. The summed E-state index contributed by atoms with van der Waals surface area (Å²) in [4.78, 5) is 7.40. The Bertz CT molecular complexity index is 1890. The fraction of sp³-hybridized carbons (Fsp3) is 0.0571. The topological polar surface area (TPSA) is 25.4 Å². The average Bonchev–Trinajstić information content (AvgIpc) is 3.02. The van der Waals surface area contributed by atoms with Gasteiger partial charge in [-0.3, -0.25) is 0 Å². The average molecular weight is 624 g/mol. The first kappa shape index (κ1) is 26.3. The van der Waals surface area contributed by atoms with Gasteiger partial charge in [-0.15, -0.1) is 0 Å². The van der Waals surface area contributed by atoms with Gasteiger partial charge in [0, 0.05) is 0 Å². The number of para-hydroxylation sites is 3. The number of benzene rings is 5. The Morgan fingerprint density at radius 3 is 1.88 bits per heavy atom. The number of ether oxygens (including phenoxy) is 1. The number of alkyl halides is 3. The second-order valence-corrected chi connectivity index (χ2v) is 12.2. The molecule has 1 aliphatic heterocycles. The first-order valence-corrected chi connectivity index (χ1v) is 15.0. The molecule has 2 heterocycles. The Morgan fingerprint density at radius 1 is 0.667 bits per heavy atom. The molecule has 0 aliphatic carbocycles. The van der Waals surface area contributed by atoms with Crippen molar-refractivity contribution in [3.63, 3.8) is 0 Å². The fourth-order valence-electron chi connectivity index (χ4n) is 5.37. The molecule has 6 aromatic rings. The van der Waals surface area contributed by atoms with Crippen LogP contribution in [0, 0.1) is 0 Å². The van der Waals surface area contributed by atoms with Crippen LogP contribution in [0.25, 0.3) is 33.3 Å². The quantitative estimate of drug-likeness (QED) is 0.186. The maximum absolute atomic E-state index is 13.3. The van der Waals surface area contributed by atoms with E-state index in [-0.39, 0.29) is 15.0 Å². The second kappa shape index (κ2) is 10.4. The Hall–Kier alpha value is -4.58. The van der Waals surface area contributed by atoms with Crippen molar-refractivity contribution in [2.75, 3.05) is 12.0 Å². The third kappa shape index (κ3) is 4.61. The third-order valence-electron chi connectivity index (χ3n) is 7.40. The van der Waals surface area contributed by atoms with Crippen molar-refractivity contribution in [3.05, 3.63) is 127 Å². The SMILES string of the molecule is COc1ccc(-c2cc(-c3ccc(C(F)(F)F)cc3)nc3c(N4c5ccccc5[Se]c5ccccc54)cccc23)cc1. The molecule has 7 rings (SSSR count). The molecule has 3 nitrogen and oxygen atoms in total. The number of pyridine rings is 1. The van der Waals surface area contributed by atoms with Crippen LogP contribution in [0.5, 0.6) is 5.75 Å². The molecule has 0 N–H and O–H groups in total. The number of hydrogen-bond donors (Lipinski definition) is 0. The van der Waals surface area contributed by atoms with Gasteiger partial charge < -0.3 is 0 Å². The van der Waals surface area contributed by atoms with Crippen LogP contribution < -0.4 is 18.6 Å². The molecule has 0 saturated carbocycles. The van der Waals surface area contributed by atoms with Gasteiger partial charge in [0.05, 0.1) is 7.11 Å². The van der Waals surface area contributed by atoms with E-state index in [0.29, 0.717) is 11.3 Å². The van der Waals surface area contributed by atoms with E-state index in [4.69, 9.17) is 9.72 Å². The molecule has 1 aromatic heterocycles. The van der Waals surface area contributed by atoms with Crippen LogP contribution in [0.3, 0.4) is 0 Å². The van der Waals surface area contributed by atoms with E-state index in [9.17, 15) is 13.2 Å². The molecular formula is C35H23F3N2OSe. The van der Waals surface area contributed by atoms with Gasteiger partial charge in [0.25, 0.3) is 0 Å². The fourth-order valence-corrected chi connectivity index (χ4v) is 7.58. The monoisotopic (exact) mass is 624 g/mol. The van der Waals surface area contributed by atoms with Crippen LogP contribution in [0.1, 0.15) is 5.56 Å². The Morgan fingerprint density at radius 2 is 1.26 bits per heavy atom. The van der Waals surface area contributed by atoms with E-state index in [1.165, 1.54) is 21.1 Å². The van der Waals surface area contributed by atoms with Crippen LogP contribution >= 0.6 is 0 Å². The van der Waals surface area contributed by atoms with Crippen molar-refractivity contribution in [1.29, 1.82) is 0 Å². The van der Waals surface area contributed by atoms with E-state index < -0.39 is 11.7 Å². The molecule has 0 saturated heterocycles. The zero-order chi connectivity index (χ0) is 28.8. The molecule has 0 unspecified atom stereocenters. The molecule has 7 heteroatoms. The van der Waals surface area contributed by atoms with Gasteiger partial charge in [-0.05, 0) is 0 Å². The van der Waals surface area contributed by atoms with Crippen molar-refractivity contribution in [2.24, 2.45) is 0 Å². The number of aromatic nitrogens is 1. The summed E-state index contributed by atoms with van der Waals surface area (Å²) in [5.74, 6) is 0.740. The van der Waals surface area contributed by atoms with E-state index >= 15 is 0 Å². The molecular weight excluding hydrogens is 600 g/mol. The zero-order valence-corrected chi connectivity index (χ0v) is 24.1. The molecule has 42 heavy (non-hydrogen) atoms. The van der Waals surface area contributed by atoms with Gasteiger partial charge >= 0.3 is 228 Å². The molecule has 5 aromatic carbocycles. The molecule has 1 aliphatic rings. The van der Waals surface area contributed by atoms with Gasteiger partial charge in [0.2, 0.25) is 0 Å². The standard InChI is InChI=1S/C35H23F3N2OSe/c1-41-25-19-15-22(16-20-25)27-21-28(23-13-17-24(18-14-23)35(36,37)38)39-34-26(27)7-6-10-31(34)40-29-8-2-4-11-32(29)42-33-12-5-3-9-30(33)40/h2-21H,1H3. The molecule has 0 spiro atoms. The Kier molecular flexibility index (Phi) is 6.49. The summed E-state index contributed by atoms with van der Waals surface area (Å²) in [5.41, 5.74) is 6.29. The first-order chi connectivity index (χ1) is 20.4. The normalized spacial score (nSPS) is 12.6. The third-order valence-corrected chi connectivity index (χ3v) is 9.77. The van der Waals surface area contributed by atoms with Crippen molar-refractivity contribution in [1.82, 2.24) is 4.98 Å². The van der Waals surface area contributed by atoms with Crippen LogP contribution in [-0.2, 0) is 6.18 Å². The van der Waals surface area contributed by atoms with E-state index in [0.717, 1.165) is 57.0 Å². The van der Waals surface area contributed by atoms with E-state index in [1.807, 2.05) is 54.6 Å². The predicted molar refractivity (Wildman–Crippen MR) is 164 cm³/mol.